The van der Waals surface area contributed by atoms with E-state index in [-0.39, 0.29) is 53.7 Å². The molecule has 166 valence electrons. The molecule has 0 atom stereocenters. The SMILES string of the molecule is CC(C)(C)c1cc(NC(=O)C2=NN(Cc3ccc(F)cc3)C(=O)CC2)n(C(C)(C)C)n1. The van der Waals surface area contributed by atoms with Gasteiger partial charge in [-0.2, -0.15) is 10.2 Å². The molecule has 2 heterocycles. The van der Waals surface area contributed by atoms with Gasteiger partial charge in [0.15, 0.2) is 0 Å². The van der Waals surface area contributed by atoms with E-state index < -0.39 is 0 Å². The van der Waals surface area contributed by atoms with Crippen LogP contribution in [-0.2, 0) is 27.1 Å². The van der Waals surface area contributed by atoms with Gasteiger partial charge >= 0.3 is 0 Å². The number of aromatic nitrogens is 2. The van der Waals surface area contributed by atoms with Crippen molar-refractivity contribution in [3.8, 4) is 0 Å². The van der Waals surface area contributed by atoms with Crippen LogP contribution in [0.1, 0.15) is 65.6 Å². The van der Waals surface area contributed by atoms with Gasteiger partial charge in [-0.15, -0.1) is 0 Å². The Kier molecular flexibility index (Phi) is 6.02. The third-order valence-corrected chi connectivity index (χ3v) is 4.97. The van der Waals surface area contributed by atoms with Crippen molar-refractivity contribution in [2.75, 3.05) is 5.32 Å². The zero-order chi connectivity index (χ0) is 23.0. The highest BCUT2D eigenvalue weighted by molar-refractivity contribution is 6.43. The van der Waals surface area contributed by atoms with Gasteiger partial charge in [0.25, 0.3) is 5.91 Å². The smallest absolute Gasteiger partial charge is 0.273 e. The molecular weight excluding hydrogens is 397 g/mol. The Morgan fingerprint density at radius 2 is 1.74 bits per heavy atom. The van der Waals surface area contributed by atoms with Gasteiger partial charge in [0.05, 0.1) is 17.8 Å². The molecule has 2 amide bonds. The van der Waals surface area contributed by atoms with Crippen LogP contribution >= 0.6 is 0 Å². The van der Waals surface area contributed by atoms with Crippen molar-refractivity contribution in [3.63, 3.8) is 0 Å². The third-order valence-electron chi connectivity index (χ3n) is 4.97. The first-order valence-electron chi connectivity index (χ1n) is 10.4. The maximum atomic E-state index is 13.1. The standard InChI is InChI=1S/C23H30FN5O2/c1-22(2,3)18-13-19(29(27-18)23(4,5)6)25-21(31)17-11-12-20(30)28(26-17)14-15-7-9-16(24)10-8-15/h7-10,13H,11-12,14H2,1-6H3,(H,25,31). The molecule has 0 unspecified atom stereocenters. The molecule has 3 rings (SSSR count). The minimum atomic E-state index is -0.359. The topological polar surface area (TPSA) is 79.6 Å². The van der Waals surface area contributed by atoms with E-state index in [2.05, 4.69) is 31.2 Å². The van der Waals surface area contributed by atoms with Crippen molar-refractivity contribution in [1.29, 1.82) is 0 Å². The average Bonchev–Trinajstić information content (AvgIpc) is 3.10. The van der Waals surface area contributed by atoms with Crippen LogP contribution in [0, 0.1) is 5.82 Å². The lowest BCUT2D eigenvalue weighted by Crippen LogP contribution is -2.36. The van der Waals surface area contributed by atoms with E-state index in [1.807, 2.05) is 26.8 Å². The summed E-state index contributed by atoms with van der Waals surface area (Å²) in [6, 6.07) is 7.75. The van der Waals surface area contributed by atoms with Gasteiger partial charge in [-0.1, -0.05) is 32.9 Å². The lowest BCUT2D eigenvalue weighted by molar-refractivity contribution is -0.132. The summed E-state index contributed by atoms with van der Waals surface area (Å²) in [5.74, 6) is -0.285. The van der Waals surface area contributed by atoms with E-state index in [0.717, 1.165) is 11.3 Å². The molecule has 31 heavy (non-hydrogen) atoms. The van der Waals surface area contributed by atoms with Crippen LogP contribution in [-0.4, -0.2) is 32.3 Å². The van der Waals surface area contributed by atoms with Crippen LogP contribution in [0.2, 0.25) is 0 Å². The fourth-order valence-corrected chi connectivity index (χ4v) is 3.19. The Labute approximate surface area is 182 Å². The fraction of sp³-hybridized carbons (Fsp3) is 0.478. The molecule has 1 aliphatic rings. The molecule has 1 aromatic heterocycles. The lowest BCUT2D eigenvalue weighted by atomic mass is 9.92. The summed E-state index contributed by atoms with van der Waals surface area (Å²) >= 11 is 0. The summed E-state index contributed by atoms with van der Waals surface area (Å²) < 4.78 is 14.9. The highest BCUT2D eigenvalue weighted by Crippen LogP contribution is 2.28. The van der Waals surface area contributed by atoms with Gasteiger partial charge < -0.3 is 5.32 Å². The molecule has 0 fully saturated rings. The van der Waals surface area contributed by atoms with Gasteiger partial charge in [0, 0.05) is 24.3 Å². The zero-order valence-electron chi connectivity index (χ0n) is 19.0. The fourth-order valence-electron chi connectivity index (χ4n) is 3.19. The average molecular weight is 428 g/mol. The molecule has 1 aromatic carbocycles. The zero-order valence-corrected chi connectivity index (χ0v) is 19.0. The number of anilines is 1. The van der Waals surface area contributed by atoms with Crippen molar-refractivity contribution < 1.29 is 14.0 Å². The normalized spacial score (nSPS) is 15.1. The number of nitrogens with zero attached hydrogens (tertiary/aromatic N) is 4. The molecule has 0 aliphatic carbocycles. The molecule has 0 bridgehead atoms. The monoisotopic (exact) mass is 427 g/mol. The molecule has 8 heteroatoms. The molecule has 1 aliphatic heterocycles. The van der Waals surface area contributed by atoms with Crippen molar-refractivity contribution in [1.82, 2.24) is 14.8 Å². The lowest BCUT2D eigenvalue weighted by Gasteiger charge is -2.25. The highest BCUT2D eigenvalue weighted by atomic mass is 19.1. The number of hydrogen-bond donors (Lipinski definition) is 1. The van der Waals surface area contributed by atoms with Gasteiger partial charge in [-0.3, -0.25) is 9.59 Å². The van der Waals surface area contributed by atoms with Gasteiger partial charge in [-0.25, -0.2) is 14.1 Å². The summed E-state index contributed by atoms with van der Waals surface area (Å²) in [7, 11) is 0. The van der Waals surface area contributed by atoms with Crippen LogP contribution < -0.4 is 5.32 Å². The number of nitrogens with one attached hydrogen (secondary N) is 1. The maximum absolute atomic E-state index is 13.1. The first-order chi connectivity index (χ1) is 14.3. The van der Waals surface area contributed by atoms with Crippen molar-refractivity contribution in [2.45, 2.75) is 71.9 Å². The predicted molar refractivity (Wildman–Crippen MR) is 118 cm³/mol. The summed E-state index contributed by atoms with van der Waals surface area (Å²) in [6.45, 7) is 12.4. The summed E-state index contributed by atoms with van der Waals surface area (Å²) in [5, 5.41) is 13.2. The Balaban J connectivity index is 1.83. The van der Waals surface area contributed by atoms with Crippen molar-refractivity contribution in [2.24, 2.45) is 5.10 Å². The van der Waals surface area contributed by atoms with E-state index in [0.29, 0.717) is 5.82 Å². The number of benzene rings is 1. The summed E-state index contributed by atoms with van der Waals surface area (Å²) in [4.78, 5) is 25.3. The second-order valence-corrected chi connectivity index (χ2v) is 9.83. The second kappa shape index (κ2) is 8.24. The third kappa shape index (κ3) is 5.37. The quantitative estimate of drug-likeness (QED) is 0.794. The molecule has 0 saturated heterocycles. The first kappa shape index (κ1) is 22.7. The first-order valence-corrected chi connectivity index (χ1v) is 10.4. The molecule has 1 N–H and O–H groups in total. The number of rotatable bonds is 4. The van der Waals surface area contributed by atoms with Gasteiger partial charge in [0.2, 0.25) is 5.91 Å². The van der Waals surface area contributed by atoms with E-state index in [4.69, 9.17) is 5.10 Å². The number of amides is 2. The van der Waals surface area contributed by atoms with Crippen LogP contribution in [0.25, 0.3) is 0 Å². The molecule has 0 saturated carbocycles. The van der Waals surface area contributed by atoms with E-state index in [9.17, 15) is 14.0 Å². The van der Waals surface area contributed by atoms with Crippen molar-refractivity contribution >= 4 is 23.3 Å². The Hall–Kier alpha value is -3.03. The van der Waals surface area contributed by atoms with Gasteiger partial charge in [0.1, 0.15) is 17.3 Å². The number of carbonyl (C=O) groups is 2. The second-order valence-electron chi connectivity index (χ2n) is 9.83. The van der Waals surface area contributed by atoms with Crippen LogP contribution in [0.5, 0.6) is 0 Å². The maximum Gasteiger partial charge on any atom is 0.273 e. The minimum absolute atomic E-state index is 0.170. The largest absolute Gasteiger partial charge is 0.306 e. The van der Waals surface area contributed by atoms with Crippen LogP contribution in [0.3, 0.4) is 0 Å². The number of hydrogen-bond acceptors (Lipinski definition) is 4. The molecule has 7 nitrogen and oxygen atoms in total. The molecule has 0 radical (unpaired) electrons. The molecule has 2 aromatic rings. The molecule has 0 spiro atoms. The number of halogens is 1. The predicted octanol–water partition coefficient (Wildman–Crippen LogP) is 4.19. The van der Waals surface area contributed by atoms with E-state index in [1.165, 1.54) is 17.1 Å². The number of hydrazone groups is 1. The molecular formula is C23H30FN5O2. The number of carbonyl (C=O) groups excluding carboxylic acids is 2. The van der Waals surface area contributed by atoms with Gasteiger partial charge in [-0.05, 0) is 38.5 Å². The summed E-state index contributed by atoms with van der Waals surface area (Å²) in [6.07, 6.45) is 0.458. The summed E-state index contributed by atoms with van der Waals surface area (Å²) in [5.41, 5.74) is 1.39. The highest BCUT2D eigenvalue weighted by Gasteiger charge is 2.29. The minimum Gasteiger partial charge on any atom is -0.306 e. The van der Waals surface area contributed by atoms with Crippen LogP contribution in [0.4, 0.5) is 10.2 Å². The Bertz CT molecular complexity index is 1010. The van der Waals surface area contributed by atoms with E-state index >= 15 is 0 Å². The Morgan fingerprint density at radius 1 is 1.10 bits per heavy atom. The Morgan fingerprint density at radius 3 is 2.32 bits per heavy atom. The van der Waals surface area contributed by atoms with Crippen molar-refractivity contribution in [3.05, 3.63) is 47.4 Å². The van der Waals surface area contributed by atoms with E-state index in [1.54, 1.807) is 16.8 Å². The van der Waals surface area contributed by atoms with Crippen LogP contribution in [0.15, 0.2) is 35.4 Å².